The van der Waals surface area contributed by atoms with Crippen molar-refractivity contribution in [3.63, 3.8) is 0 Å². The smallest absolute Gasteiger partial charge is 0.274 e. The predicted octanol–water partition coefficient (Wildman–Crippen LogP) is 2.89. The molecule has 2 N–H and O–H groups in total. The summed E-state index contributed by atoms with van der Waals surface area (Å²) < 4.78 is 29.7. The molecule has 3 heterocycles. The molecule has 0 saturated carbocycles. The zero-order valence-corrected chi connectivity index (χ0v) is 18.1. The van der Waals surface area contributed by atoms with Gasteiger partial charge in [-0.2, -0.15) is 0 Å². The number of fused-ring (bicyclic) bond motifs is 4. The number of nitrogens with zero attached hydrogens (tertiary/aromatic N) is 2. The van der Waals surface area contributed by atoms with Crippen molar-refractivity contribution in [1.29, 1.82) is 0 Å². The fraction of sp³-hybridized carbons (Fsp3) is 0.435. The molecule has 1 aromatic heterocycles. The average molecular weight is 445 g/mol. The highest BCUT2D eigenvalue weighted by Crippen LogP contribution is 2.36. The number of hydrogen-bond acceptors (Lipinski definition) is 4. The molecule has 0 aliphatic carbocycles. The number of hydrogen-bond donors (Lipinski definition) is 2. The second kappa shape index (κ2) is 8.03. The Bertz CT molecular complexity index is 1150. The first-order valence-electron chi connectivity index (χ1n) is 10.6. The van der Waals surface area contributed by atoms with Crippen molar-refractivity contribution in [2.45, 2.75) is 52.2 Å². The number of amides is 2. The van der Waals surface area contributed by atoms with Gasteiger partial charge in [-0.15, -0.1) is 0 Å². The molecule has 2 bridgehead atoms. The molecule has 1 saturated heterocycles. The molecule has 3 atom stereocenters. The summed E-state index contributed by atoms with van der Waals surface area (Å²) >= 11 is 0. The van der Waals surface area contributed by atoms with Crippen molar-refractivity contribution in [3.05, 3.63) is 62.6 Å². The van der Waals surface area contributed by atoms with Gasteiger partial charge in [-0.05, 0) is 50.3 Å². The maximum absolute atomic E-state index is 14.1. The molecule has 2 aliphatic heterocycles. The molecule has 2 amide bonds. The minimum Gasteiger partial charge on any atom is -0.503 e. The van der Waals surface area contributed by atoms with Crippen LogP contribution in [-0.2, 0) is 6.54 Å². The Morgan fingerprint density at radius 1 is 1.19 bits per heavy atom. The van der Waals surface area contributed by atoms with E-state index in [9.17, 15) is 28.3 Å². The van der Waals surface area contributed by atoms with Crippen LogP contribution in [0, 0.1) is 24.5 Å². The second-order valence-corrected chi connectivity index (χ2v) is 8.90. The fourth-order valence-corrected chi connectivity index (χ4v) is 4.82. The first kappa shape index (κ1) is 22.0. The molecule has 170 valence electrons. The highest BCUT2D eigenvalue weighted by molar-refractivity contribution is 5.99. The van der Waals surface area contributed by atoms with Gasteiger partial charge in [-0.1, -0.05) is 6.92 Å². The summed E-state index contributed by atoms with van der Waals surface area (Å²) in [5, 5.41) is 12.9. The summed E-state index contributed by atoms with van der Waals surface area (Å²) in [5.74, 6) is -3.44. The summed E-state index contributed by atoms with van der Waals surface area (Å²) in [7, 11) is 0. The van der Waals surface area contributed by atoms with E-state index in [0.717, 1.165) is 18.6 Å². The number of aromatic nitrogens is 1. The third-order valence-corrected chi connectivity index (χ3v) is 6.38. The van der Waals surface area contributed by atoms with E-state index in [0.29, 0.717) is 24.4 Å². The van der Waals surface area contributed by atoms with E-state index in [-0.39, 0.29) is 28.9 Å². The largest absolute Gasteiger partial charge is 0.503 e. The van der Waals surface area contributed by atoms with E-state index in [1.165, 1.54) is 10.8 Å². The van der Waals surface area contributed by atoms with Crippen LogP contribution in [0.4, 0.5) is 8.78 Å². The molecule has 4 rings (SSSR count). The molecule has 7 nitrogen and oxygen atoms in total. The number of carbonyl (C=O) groups excluding carboxylic acids is 2. The van der Waals surface area contributed by atoms with Gasteiger partial charge >= 0.3 is 0 Å². The lowest BCUT2D eigenvalue weighted by Gasteiger charge is -2.37. The van der Waals surface area contributed by atoms with Crippen LogP contribution >= 0.6 is 0 Å². The third-order valence-electron chi connectivity index (χ3n) is 6.38. The topological polar surface area (TPSA) is 91.6 Å². The van der Waals surface area contributed by atoms with Crippen molar-refractivity contribution in [3.8, 4) is 5.75 Å². The Hall–Kier alpha value is -3.23. The maximum Gasteiger partial charge on any atom is 0.274 e. The first-order chi connectivity index (χ1) is 15.1. The Labute approximate surface area is 183 Å². The lowest BCUT2D eigenvalue weighted by atomic mass is 9.97. The highest BCUT2D eigenvalue weighted by Gasteiger charge is 2.40. The molecule has 0 spiro atoms. The van der Waals surface area contributed by atoms with E-state index in [4.69, 9.17) is 0 Å². The minimum absolute atomic E-state index is 0.0342. The van der Waals surface area contributed by atoms with Crippen molar-refractivity contribution in [2.75, 3.05) is 6.54 Å². The zero-order valence-electron chi connectivity index (χ0n) is 18.1. The van der Waals surface area contributed by atoms with Crippen molar-refractivity contribution < 1.29 is 23.5 Å². The quantitative estimate of drug-likeness (QED) is 0.760. The summed E-state index contributed by atoms with van der Waals surface area (Å²) in [6.07, 6.45) is 2.78. The standard InChI is InChI=1S/C23H25F2N3O4/c1-11-4-13(3)27-9-14(5-11)28-10-16(20(29)21(30)19(28)23(27)32)22(31)26-8-15-17(24)6-12(2)7-18(15)25/h6-7,10-11,13-14,30H,4-5,8-9H2,1-3H3,(H,26,31). The molecule has 2 aromatic rings. The van der Waals surface area contributed by atoms with Crippen LogP contribution < -0.4 is 10.7 Å². The van der Waals surface area contributed by atoms with Crippen LogP contribution in [0.2, 0.25) is 0 Å². The van der Waals surface area contributed by atoms with Crippen LogP contribution in [-0.4, -0.2) is 39.0 Å². The van der Waals surface area contributed by atoms with Crippen molar-refractivity contribution in [2.24, 2.45) is 5.92 Å². The zero-order chi connectivity index (χ0) is 23.3. The maximum atomic E-state index is 14.1. The van der Waals surface area contributed by atoms with Gasteiger partial charge in [0.1, 0.15) is 17.2 Å². The number of aromatic hydroxyl groups is 1. The van der Waals surface area contributed by atoms with E-state index in [2.05, 4.69) is 12.2 Å². The Kier molecular flexibility index (Phi) is 5.52. The van der Waals surface area contributed by atoms with Crippen LogP contribution in [0.5, 0.6) is 5.75 Å². The summed E-state index contributed by atoms with van der Waals surface area (Å²) in [4.78, 5) is 40.1. The number of nitrogens with one attached hydrogen (secondary N) is 1. The van der Waals surface area contributed by atoms with Crippen molar-refractivity contribution in [1.82, 2.24) is 14.8 Å². The number of pyridine rings is 1. The normalized spacial score (nSPS) is 22.3. The summed E-state index contributed by atoms with van der Waals surface area (Å²) in [6.45, 7) is 5.50. The average Bonchev–Trinajstić information content (AvgIpc) is 2.83. The summed E-state index contributed by atoms with van der Waals surface area (Å²) in [5.41, 5.74) is -1.43. The second-order valence-electron chi connectivity index (χ2n) is 8.90. The number of rotatable bonds is 3. The van der Waals surface area contributed by atoms with Crippen LogP contribution in [0.15, 0.2) is 23.1 Å². The van der Waals surface area contributed by atoms with Crippen LogP contribution in [0.25, 0.3) is 0 Å². The molecule has 3 unspecified atom stereocenters. The molecule has 2 aliphatic rings. The Balaban J connectivity index is 1.69. The molecular formula is C23H25F2N3O4. The minimum atomic E-state index is -0.993. The Morgan fingerprint density at radius 2 is 1.84 bits per heavy atom. The number of aryl methyl sites for hydroxylation is 1. The fourth-order valence-electron chi connectivity index (χ4n) is 4.82. The first-order valence-corrected chi connectivity index (χ1v) is 10.6. The van der Waals surface area contributed by atoms with Gasteiger partial charge in [0.2, 0.25) is 5.43 Å². The molecule has 32 heavy (non-hydrogen) atoms. The van der Waals surface area contributed by atoms with E-state index < -0.39 is 41.2 Å². The van der Waals surface area contributed by atoms with Gasteiger partial charge in [-0.25, -0.2) is 8.78 Å². The van der Waals surface area contributed by atoms with Gasteiger partial charge in [-0.3, -0.25) is 14.4 Å². The van der Waals surface area contributed by atoms with E-state index in [1.807, 2.05) is 6.92 Å². The van der Waals surface area contributed by atoms with Gasteiger partial charge in [0.25, 0.3) is 11.8 Å². The highest BCUT2D eigenvalue weighted by atomic mass is 19.1. The van der Waals surface area contributed by atoms with Gasteiger partial charge in [0.05, 0.1) is 6.04 Å². The summed E-state index contributed by atoms with van der Waals surface area (Å²) in [6, 6.07) is 2.06. The van der Waals surface area contributed by atoms with Gasteiger partial charge < -0.3 is 19.9 Å². The third kappa shape index (κ3) is 3.65. The molecular weight excluding hydrogens is 420 g/mol. The van der Waals surface area contributed by atoms with Gasteiger partial charge in [0, 0.05) is 30.9 Å². The molecule has 1 fully saturated rings. The number of benzene rings is 1. The monoisotopic (exact) mass is 445 g/mol. The van der Waals surface area contributed by atoms with Crippen LogP contribution in [0.3, 0.4) is 0 Å². The predicted molar refractivity (Wildman–Crippen MR) is 113 cm³/mol. The molecule has 0 radical (unpaired) electrons. The molecule has 1 aromatic carbocycles. The number of carbonyl (C=O) groups is 2. The van der Waals surface area contributed by atoms with Gasteiger partial charge in [0.15, 0.2) is 11.4 Å². The van der Waals surface area contributed by atoms with E-state index >= 15 is 0 Å². The lowest BCUT2D eigenvalue weighted by Crippen LogP contribution is -2.47. The van der Waals surface area contributed by atoms with Crippen LogP contribution in [0.1, 0.15) is 64.7 Å². The SMILES string of the molecule is Cc1cc(F)c(CNC(=O)c2cn3c(c(O)c2=O)C(=O)N2CC3CC(C)CC2C)c(F)c1. The van der Waals surface area contributed by atoms with E-state index in [1.54, 1.807) is 11.8 Å². The van der Waals surface area contributed by atoms with Crippen molar-refractivity contribution >= 4 is 11.8 Å². The Morgan fingerprint density at radius 3 is 2.50 bits per heavy atom. The number of halogens is 2. The lowest BCUT2D eigenvalue weighted by molar-refractivity contribution is 0.0604. The molecule has 9 heteroatoms.